The molecule has 0 radical (unpaired) electrons. The van der Waals surface area contributed by atoms with E-state index in [1.54, 1.807) is 30.7 Å². The fourth-order valence-corrected chi connectivity index (χ4v) is 1.88. The first-order chi connectivity index (χ1) is 8.31. The molecule has 1 aromatic rings. The van der Waals surface area contributed by atoms with Gasteiger partial charge >= 0.3 is 0 Å². The van der Waals surface area contributed by atoms with Gasteiger partial charge in [0.1, 0.15) is 0 Å². The summed E-state index contributed by atoms with van der Waals surface area (Å²) in [6.07, 6.45) is -0.343. The molecule has 0 aliphatic heterocycles. The van der Waals surface area contributed by atoms with Gasteiger partial charge in [-0.15, -0.1) is 5.10 Å². The van der Waals surface area contributed by atoms with Crippen LogP contribution in [0, 0.1) is 0 Å². The highest BCUT2D eigenvalue weighted by Crippen LogP contribution is 2.13. The number of aromatic nitrogens is 4. The van der Waals surface area contributed by atoms with Crippen molar-refractivity contribution in [2.75, 3.05) is 33.2 Å². The largest absolute Gasteiger partial charge is 0.381 e. The number of rotatable bonds is 9. The van der Waals surface area contributed by atoms with Gasteiger partial charge in [0.15, 0.2) is 6.29 Å². The summed E-state index contributed by atoms with van der Waals surface area (Å²) in [5.41, 5.74) is 0. The molecule has 1 heterocycles. The molecule has 98 valence electrons. The molecule has 0 bridgehead atoms. The number of methoxy groups -OCH3 is 2. The van der Waals surface area contributed by atoms with Crippen LogP contribution in [-0.2, 0) is 20.8 Å². The van der Waals surface area contributed by atoms with Gasteiger partial charge in [0.05, 0.1) is 13.2 Å². The number of tetrazole rings is 1. The number of ether oxygens (including phenoxy) is 3. The molecule has 7 nitrogen and oxygen atoms in total. The van der Waals surface area contributed by atoms with Gasteiger partial charge in [-0.05, 0) is 17.4 Å². The first kappa shape index (κ1) is 14.4. The van der Waals surface area contributed by atoms with E-state index in [0.717, 1.165) is 17.5 Å². The average molecular weight is 262 g/mol. The van der Waals surface area contributed by atoms with Crippen LogP contribution in [0.4, 0.5) is 0 Å². The van der Waals surface area contributed by atoms with E-state index in [1.807, 2.05) is 6.92 Å². The summed E-state index contributed by atoms with van der Waals surface area (Å²) in [5, 5.41) is 12.2. The zero-order valence-corrected chi connectivity index (χ0v) is 11.1. The third-order valence-corrected chi connectivity index (χ3v) is 2.93. The van der Waals surface area contributed by atoms with Gasteiger partial charge in [-0.25, -0.2) is 4.68 Å². The van der Waals surface area contributed by atoms with E-state index < -0.39 is 0 Å². The Bertz CT molecular complexity index is 306. The first-order valence-corrected chi connectivity index (χ1v) is 6.32. The maximum Gasteiger partial charge on any atom is 0.209 e. The molecule has 0 aliphatic carbocycles. The van der Waals surface area contributed by atoms with Crippen LogP contribution < -0.4 is 0 Å². The van der Waals surface area contributed by atoms with E-state index in [1.165, 1.54) is 0 Å². The minimum atomic E-state index is -0.343. The quantitative estimate of drug-likeness (QED) is 0.363. The Kier molecular flexibility index (Phi) is 7.10. The summed E-state index contributed by atoms with van der Waals surface area (Å²) < 4.78 is 17.1. The van der Waals surface area contributed by atoms with Gasteiger partial charge in [-0.3, -0.25) is 0 Å². The summed E-state index contributed by atoms with van der Waals surface area (Å²) in [4.78, 5) is 0. The minimum absolute atomic E-state index is 0.343. The van der Waals surface area contributed by atoms with Gasteiger partial charge in [0.25, 0.3) is 0 Å². The van der Waals surface area contributed by atoms with Crippen molar-refractivity contribution in [2.24, 2.45) is 0 Å². The number of thioether (sulfide) groups is 1. The molecule has 0 aromatic carbocycles. The Morgan fingerprint density at radius 2 is 2.12 bits per heavy atom. The van der Waals surface area contributed by atoms with Crippen LogP contribution in [0.2, 0.25) is 0 Å². The van der Waals surface area contributed by atoms with Crippen molar-refractivity contribution in [1.29, 1.82) is 0 Å². The van der Waals surface area contributed by atoms with Crippen LogP contribution in [0.25, 0.3) is 0 Å². The van der Waals surface area contributed by atoms with Crippen molar-refractivity contribution in [3.63, 3.8) is 0 Å². The second-order valence-corrected chi connectivity index (χ2v) is 4.15. The molecule has 0 spiro atoms. The zero-order chi connectivity index (χ0) is 12.5. The van der Waals surface area contributed by atoms with Crippen LogP contribution in [0.1, 0.15) is 6.92 Å². The van der Waals surface area contributed by atoms with E-state index in [9.17, 15) is 0 Å². The summed E-state index contributed by atoms with van der Waals surface area (Å²) in [6, 6.07) is 0. The molecule has 0 amide bonds. The zero-order valence-electron chi connectivity index (χ0n) is 10.3. The minimum Gasteiger partial charge on any atom is -0.381 e. The lowest BCUT2D eigenvalue weighted by molar-refractivity contribution is -0.113. The van der Waals surface area contributed by atoms with Crippen molar-refractivity contribution in [3.05, 3.63) is 0 Å². The summed E-state index contributed by atoms with van der Waals surface area (Å²) in [7, 11) is 3.17. The summed E-state index contributed by atoms with van der Waals surface area (Å²) in [6.45, 7) is 3.85. The maximum absolute atomic E-state index is 5.25. The Balaban J connectivity index is 2.42. The Morgan fingerprint density at radius 1 is 1.35 bits per heavy atom. The highest BCUT2D eigenvalue weighted by molar-refractivity contribution is 7.99. The second kappa shape index (κ2) is 8.40. The van der Waals surface area contributed by atoms with Gasteiger partial charge in [0.2, 0.25) is 5.16 Å². The lowest BCUT2D eigenvalue weighted by Crippen LogP contribution is -2.22. The molecule has 8 heteroatoms. The van der Waals surface area contributed by atoms with Crippen LogP contribution in [0.5, 0.6) is 0 Å². The van der Waals surface area contributed by atoms with Crippen LogP contribution in [0.15, 0.2) is 5.16 Å². The molecule has 0 atom stereocenters. The van der Waals surface area contributed by atoms with E-state index in [-0.39, 0.29) is 6.29 Å². The van der Waals surface area contributed by atoms with Crippen molar-refractivity contribution in [3.8, 4) is 0 Å². The number of hydrogen-bond acceptors (Lipinski definition) is 7. The summed E-state index contributed by atoms with van der Waals surface area (Å²) in [5.74, 6) is 0.818. The van der Waals surface area contributed by atoms with Crippen LogP contribution in [0.3, 0.4) is 0 Å². The average Bonchev–Trinajstić information content (AvgIpc) is 2.79. The topological polar surface area (TPSA) is 71.3 Å². The molecule has 0 N–H and O–H groups in total. The van der Waals surface area contributed by atoms with Crippen molar-refractivity contribution in [2.45, 2.75) is 24.9 Å². The van der Waals surface area contributed by atoms with E-state index in [2.05, 4.69) is 15.5 Å². The van der Waals surface area contributed by atoms with Crippen molar-refractivity contribution in [1.82, 2.24) is 20.2 Å². The highest BCUT2D eigenvalue weighted by Gasteiger charge is 2.12. The molecule has 0 saturated heterocycles. The maximum atomic E-state index is 5.25. The Labute approximate surface area is 105 Å². The van der Waals surface area contributed by atoms with Gasteiger partial charge in [-0.2, -0.15) is 0 Å². The van der Waals surface area contributed by atoms with Crippen LogP contribution in [-0.4, -0.2) is 59.7 Å². The molecule has 17 heavy (non-hydrogen) atoms. The predicted molar refractivity (Wildman–Crippen MR) is 62.8 cm³/mol. The lowest BCUT2D eigenvalue weighted by atomic mass is 10.6. The molecule has 0 fully saturated rings. The normalized spacial score (nSPS) is 11.3. The monoisotopic (exact) mass is 262 g/mol. The SMILES string of the molecule is CCOCCSc1nnnn1CC(OC)OC. The van der Waals surface area contributed by atoms with Gasteiger partial charge in [-0.1, -0.05) is 11.8 Å². The second-order valence-electron chi connectivity index (χ2n) is 3.09. The van der Waals surface area contributed by atoms with Crippen LogP contribution >= 0.6 is 11.8 Å². The smallest absolute Gasteiger partial charge is 0.209 e. The standard InChI is InChI=1S/C9H18N4O3S/c1-4-16-5-6-17-9-10-11-12-13(9)7-8(14-2)15-3/h8H,4-7H2,1-3H3. The van der Waals surface area contributed by atoms with E-state index in [0.29, 0.717) is 13.2 Å². The molecule has 0 aliphatic rings. The predicted octanol–water partition coefficient (Wildman–Crippen LogP) is 0.421. The molecule has 0 unspecified atom stereocenters. The number of hydrogen-bond donors (Lipinski definition) is 0. The third-order valence-electron chi connectivity index (χ3n) is 2.01. The molecule has 1 aromatic heterocycles. The first-order valence-electron chi connectivity index (χ1n) is 5.34. The van der Waals surface area contributed by atoms with Crippen molar-refractivity contribution < 1.29 is 14.2 Å². The lowest BCUT2D eigenvalue weighted by Gasteiger charge is -2.13. The molecule has 0 saturated carbocycles. The fraction of sp³-hybridized carbons (Fsp3) is 0.889. The van der Waals surface area contributed by atoms with E-state index >= 15 is 0 Å². The Hall–Kier alpha value is -0.700. The van der Waals surface area contributed by atoms with Gasteiger partial charge < -0.3 is 14.2 Å². The number of nitrogens with zero attached hydrogens (tertiary/aromatic N) is 4. The van der Waals surface area contributed by atoms with Gasteiger partial charge in [0, 0.05) is 26.6 Å². The molecular formula is C9H18N4O3S. The molecule has 1 rings (SSSR count). The summed E-state index contributed by atoms with van der Waals surface area (Å²) >= 11 is 1.55. The van der Waals surface area contributed by atoms with Crippen molar-refractivity contribution >= 4 is 11.8 Å². The fourth-order valence-electron chi connectivity index (χ4n) is 1.14. The molecular weight excluding hydrogens is 244 g/mol. The third kappa shape index (κ3) is 4.99. The van der Waals surface area contributed by atoms with E-state index in [4.69, 9.17) is 14.2 Å². The Morgan fingerprint density at radius 3 is 2.76 bits per heavy atom. The highest BCUT2D eigenvalue weighted by atomic mass is 32.2.